The van der Waals surface area contributed by atoms with E-state index in [1.54, 1.807) is 6.07 Å². The molecule has 1 aliphatic heterocycles. The second-order valence-corrected chi connectivity index (χ2v) is 6.75. The standard InChI is InChI=1S/C10H16N2O3S2/c11-17(13,14)10-2-1-9(15-10)7-12-8-3-5-16-6-4-8/h1-2,8,12H,3-7H2,(H2,11,13,14). The number of hydrogen-bond acceptors (Lipinski definition) is 5. The molecule has 0 spiro atoms. The fourth-order valence-electron chi connectivity index (χ4n) is 1.75. The molecule has 1 saturated heterocycles. The van der Waals surface area contributed by atoms with Crippen molar-refractivity contribution in [1.82, 2.24) is 5.32 Å². The maximum atomic E-state index is 11.0. The molecule has 17 heavy (non-hydrogen) atoms. The summed E-state index contributed by atoms with van der Waals surface area (Å²) in [6.07, 6.45) is 2.29. The molecule has 1 aliphatic rings. The van der Waals surface area contributed by atoms with Crippen molar-refractivity contribution < 1.29 is 12.8 Å². The summed E-state index contributed by atoms with van der Waals surface area (Å²) in [5.41, 5.74) is 0. The van der Waals surface area contributed by atoms with Crippen LogP contribution in [-0.4, -0.2) is 26.0 Å². The number of rotatable bonds is 4. The first-order chi connectivity index (χ1) is 8.05. The Morgan fingerprint density at radius 1 is 1.41 bits per heavy atom. The third kappa shape index (κ3) is 3.74. The van der Waals surface area contributed by atoms with Crippen LogP contribution in [0.1, 0.15) is 18.6 Å². The molecule has 2 heterocycles. The Morgan fingerprint density at radius 3 is 2.71 bits per heavy atom. The van der Waals surface area contributed by atoms with Crippen molar-refractivity contribution in [3.05, 3.63) is 17.9 Å². The van der Waals surface area contributed by atoms with E-state index in [0.717, 1.165) is 12.8 Å². The van der Waals surface area contributed by atoms with Gasteiger partial charge in [0.15, 0.2) is 0 Å². The molecule has 1 aromatic rings. The molecule has 0 atom stereocenters. The lowest BCUT2D eigenvalue weighted by Crippen LogP contribution is -2.31. The molecule has 1 fully saturated rings. The molecule has 96 valence electrons. The molecule has 3 N–H and O–H groups in total. The first-order valence-corrected chi connectivity index (χ1v) is 8.18. The maximum absolute atomic E-state index is 11.0. The van der Waals surface area contributed by atoms with Gasteiger partial charge in [-0.3, -0.25) is 0 Å². The van der Waals surface area contributed by atoms with Crippen molar-refractivity contribution in [3.8, 4) is 0 Å². The zero-order valence-electron chi connectivity index (χ0n) is 9.39. The van der Waals surface area contributed by atoms with E-state index in [-0.39, 0.29) is 5.09 Å². The molecule has 0 aromatic carbocycles. The van der Waals surface area contributed by atoms with E-state index in [9.17, 15) is 8.42 Å². The molecular weight excluding hydrogens is 260 g/mol. The molecule has 0 amide bonds. The van der Waals surface area contributed by atoms with Crippen molar-refractivity contribution in [3.63, 3.8) is 0 Å². The highest BCUT2D eigenvalue weighted by molar-refractivity contribution is 7.99. The summed E-state index contributed by atoms with van der Waals surface area (Å²) in [7, 11) is -3.72. The summed E-state index contributed by atoms with van der Waals surface area (Å²) in [6, 6.07) is 3.53. The summed E-state index contributed by atoms with van der Waals surface area (Å²) in [5, 5.41) is 8.15. The zero-order chi connectivity index (χ0) is 12.3. The van der Waals surface area contributed by atoms with E-state index in [2.05, 4.69) is 5.32 Å². The van der Waals surface area contributed by atoms with E-state index in [1.165, 1.54) is 17.6 Å². The molecule has 0 aliphatic carbocycles. The molecule has 7 heteroatoms. The summed E-state index contributed by atoms with van der Waals surface area (Å²) in [5.74, 6) is 2.96. The maximum Gasteiger partial charge on any atom is 0.271 e. The van der Waals surface area contributed by atoms with Gasteiger partial charge in [0.25, 0.3) is 10.0 Å². The quantitative estimate of drug-likeness (QED) is 0.854. The van der Waals surface area contributed by atoms with Crippen molar-refractivity contribution in [2.24, 2.45) is 5.14 Å². The Bertz CT molecular complexity index is 464. The minimum absolute atomic E-state index is 0.173. The van der Waals surface area contributed by atoms with E-state index < -0.39 is 10.0 Å². The van der Waals surface area contributed by atoms with E-state index in [1.807, 2.05) is 11.8 Å². The van der Waals surface area contributed by atoms with E-state index >= 15 is 0 Å². The Hall–Kier alpha value is -0.500. The first kappa shape index (κ1) is 12.9. The highest BCUT2D eigenvalue weighted by Gasteiger charge is 2.15. The number of primary sulfonamides is 1. The number of nitrogens with two attached hydrogens (primary N) is 1. The van der Waals surface area contributed by atoms with Crippen LogP contribution in [0.2, 0.25) is 0 Å². The number of sulfonamides is 1. The van der Waals surface area contributed by atoms with Gasteiger partial charge in [0, 0.05) is 6.04 Å². The average molecular weight is 276 g/mol. The van der Waals surface area contributed by atoms with Crippen LogP contribution < -0.4 is 10.5 Å². The van der Waals surface area contributed by atoms with Gasteiger partial charge in [-0.15, -0.1) is 0 Å². The van der Waals surface area contributed by atoms with Crippen LogP contribution in [0, 0.1) is 0 Å². The summed E-state index contributed by atoms with van der Waals surface area (Å²) < 4.78 is 27.2. The Labute approximate surface area is 105 Å². The molecule has 1 aromatic heterocycles. The molecule has 0 bridgehead atoms. The minimum Gasteiger partial charge on any atom is -0.447 e. The fourth-order valence-corrected chi connectivity index (χ4v) is 3.34. The van der Waals surface area contributed by atoms with Crippen LogP contribution in [0.15, 0.2) is 21.6 Å². The number of thioether (sulfide) groups is 1. The van der Waals surface area contributed by atoms with Crippen LogP contribution in [0.25, 0.3) is 0 Å². The predicted octanol–water partition coefficient (Wildman–Crippen LogP) is 0.912. The second-order valence-electron chi connectivity index (χ2n) is 4.03. The van der Waals surface area contributed by atoms with Gasteiger partial charge in [0.1, 0.15) is 5.76 Å². The number of hydrogen-bond donors (Lipinski definition) is 2. The number of nitrogens with one attached hydrogen (secondary N) is 1. The van der Waals surface area contributed by atoms with Gasteiger partial charge >= 0.3 is 0 Å². The van der Waals surface area contributed by atoms with E-state index in [4.69, 9.17) is 9.56 Å². The normalized spacial score (nSPS) is 18.4. The van der Waals surface area contributed by atoms with Gasteiger partial charge < -0.3 is 9.73 Å². The molecule has 0 saturated carbocycles. The van der Waals surface area contributed by atoms with Crippen LogP contribution in [0.3, 0.4) is 0 Å². The molecular formula is C10H16N2O3S2. The predicted molar refractivity (Wildman–Crippen MR) is 67.3 cm³/mol. The minimum atomic E-state index is -3.72. The van der Waals surface area contributed by atoms with Crippen LogP contribution in [0.5, 0.6) is 0 Å². The van der Waals surface area contributed by atoms with Crippen molar-refractivity contribution >= 4 is 21.8 Å². The topological polar surface area (TPSA) is 85.3 Å². The smallest absolute Gasteiger partial charge is 0.271 e. The van der Waals surface area contributed by atoms with Gasteiger partial charge in [-0.05, 0) is 36.5 Å². The average Bonchev–Trinajstić information content (AvgIpc) is 2.76. The van der Waals surface area contributed by atoms with Crippen molar-refractivity contribution in [2.75, 3.05) is 11.5 Å². The van der Waals surface area contributed by atoms with Crippen molar-refractivity contribution in [1.29, 1.82) is 0 Å². The molecule has 2 rings (SSSR count). The molecule has 5 nitrogen and oxygen atoms in total. The highest BCUT2D eigenvalue weighted by Crippen LogP contribution is 2.18. The van der Waals surface area contributed by atoms with Gasteiger partial charge in [-0.2, -0.15) is 11.8 Å². The largest absolute Gasteiger partial charge is 0.447 e. The Morgan fingerprint density at radius 2 is 2.12 bits per heavy atom. The Kier molecular flexibility index (Phi) is 4.13. The molecule has 0 radical (unpaired) electrons. The van der Waals surface area contributed by atoms with Gasteiger partial charge in [-0.25, -0.2) is 13.6 Å². The lowest BCUT2D eigenvalue weighted by atomic mass is 10.1. The Balaban J connectivity index is 1.89. The summed E-state index contributed by atoms with van der Waals surface area (Å²) in [6.45, 7) is 0.546. The van der Waals surface area contributed by atoms with Gasteiger partial charge in [-0.1, -0.05) is 0 Å². The lowest BCUT2D eigenvalue weighted by molar-refractivity contribution is 0.382. The summed E-state index contributed by atoms with van der Waals surface area (Å²) in [4.78, 5) is 0. The van der Waals surface area contributed by atoms with Crippen LogP contribution >= 0.6 is 11.8 Å². The first-order valence-electron chi connectivity index (χ1n) is 5.48. The van der Waals surface area contributed by atoms with Crippen LogP contribution in [-0.2, 0) is 16.6 Å². The second kappa shape index (κ2) is 5.43. The van der Waals surface area contributed by atoms with Crippen molar-refractivity contribution in [2.45, 2.75) is 30.5 Å². The summed E-state index contributed by atoms with van der Waals surface area (Å²) >= 11 is 1.97. The lowest BCUT2D eigenvalue weighted by Gasteiger charge is -2.21. The number of furan rings is 1. The van der Waals surface area contributed by atoms with Gasteiger partial charge in [0.05, 0.1) is 6.54 Å². The highest BCUT2D eigenvalue weighted by atomic mass is 32.2. The monoisotopic (exact) mass is 276 g/mol. The SMILES string of the molecule is NS(=O)(=O)c1ccc(CNC2CCSCC2)o1. The third-order valence-electron chi connectivity index (χ3n) is 2.70. The van der Waals surface area contributed by atoms with Gasteiger partial charge in [0.2, 0.25) is 5.09 Å². The fraction of sp³-hybridized carbons (Fsp3) is 0.600. The third-order valence-corrected chi connectivity index (χ3v) is 4.53. The molecule has 0 unspecified atom stereocenters. The zero-order valence-corrected chi connectivity index (χ0v) is 11.0. The van der Waals surface area contributed by atoms with E-state index in [0.29, 0.717) is 18.3 Å². The van der Waals surface area contributed by atoms with Crippen LogP contribution in [0.4, 0.5) is 0 Å².